The van der Waals surface area contributed by atoms with Gasteiger partial charge in [0.2, 0.25) is 5.91 Å². The van der Waals surface area contributed by atoms with Gasteiger partial charge in [-0.2, -0.15) is 0 Å². The Morgan fingerprint density at radius 2 is 2.06 bits per heavy atom. The fourth-order valence-electron chi connectivity index (χ4n) is 1.34. The van der Waals surface area contributed by atoms with Crippen LogP contribution in [0.4, 0.5) is 0 Å². The minimum atomic E-state index is -3.06. The van der Waals surface area contributed by atoms with E-state index in [1.807, 2.05) is 0 Å². The molecule has 1 atom stereocenters. The zero-order valence-electron chi connectivity index (χ0n) is 11.6. The zero-order valence-corrected chi connectivity index (χ0v) is 12.4. The lowest BCUT2D eigenvalue weighted by atomic mass is 10.3. The van der Waals surface area contributed by atoms with Crippen LogP contribution >= 0.6 is 0 Å². The molecule has 18 heavy (non-hydrogen) atoms. The van der Waals surface area contributed by atoms with Gasteiger partial charge in [-0.1, -0.05) is 6.92 Å². The molecule has 1 N–H and O–H groups in total. The Morgan fingerprint density at radius 1 is 1.44 bits per heavy atom. The van der Waals surface area contributed by atoms with Crippen molar-refractivity contribution in [2.45, 2.75) is 19.9 Å². The first kappa shape index (κ1) is 17.3. The molecule has 0 saturated heterocycles. The number of amides is 1. The normalized spacial score (nSPS) is 13.3. The van der Waals surface area contributed by atoms with Gasteiger partial charge in [-0.3, -0.25) is 4.79 Å². The molecule has 1 amide bonds. The summed E-state index contributed by atoms with van der Waals surface area (Å²) in [5.74, 6) is -0.0140. The molecular formula is C11H24N2O4S. The average molecular weight is 280 g/mol. The summed E-state index contributed by atoms with van der Waals surface area (Å²) in [5, 5.41) is 2.93. The van der Waals surface area contributed by atoms with Crippen LogP contribution in [0.25, 0.3) is 0 Å². The smallest absolute Gasteiger partial charge is 0.236 e. The topological polar surface area (TPSA) is 75.7 Å². The molecule has 0 spiro atoms. The number of nitrogens with one attached hydrogen (secondary N) is 1. The van der Waals surface area contributed by atoms with Crippen molar-refractivity contribution in [3.8, 4) is 0 Å². The molecule has 7 heteroatoms. The summed E-state index contributed by atoms with van der Waals surface area (Å²) in [4.78, 5) is 13.2. The van der Waals surface area contributed by atoms with Crippen molar-refractivity contribution in [1.29, 1.82) is 0 Å². The van der Waals surface area contributed by atoms with E-state index in [0.29, 0.717) is 13.2 Å². The van der Waals surface area contributed by atoms with E-state index in [2.05, 4.69) is 5.32 Å². The van der Waals surface area contributed by atoms with E-state index < -0.39 is 9.84 Å². The van der Waals surface area contributed by atoms with Gasteiger partial charge in [-0.25, -0.2) is 8.42 Å². The molecule has 0 aliphatic heterocycles. The first-order chi connectivity index (χ1) is 8.34. The minimum absolute atomic E-state index is 0.00378. The average Bonchev–Trinajstić information content (AvgIpc) is 2.32. The molecule has 0 aromatic carbocycles. The zero-order chi connectivity index (χ0) is 14.2. The minimum Gasteiger partial charge on any atom is -0.383 e. The second kappa shape index (κ2) is 8.44. The number of likely N-dealkylation sites (N-methyl/N-ethyl adjacent to an activating group) is 1. The van der Waals surface area contributed by atoms with Gasteiger partial charge in [0, 0.05) is 32.5 Å². The molecule has 0 aliphatic rings. The van der Waals surface area contributed by atoms with Crippen molar-refractivity contribution in [1.82, 2.24) is 10.2 Å². The van der Waals surface area contributed by atoms with Gasteiger partial charge in [0.1, 0.15) is 0 Å². The number of carbonyl (C=O) groups excluding carboxylic acids is 1. The molecule has 0 aromatic rings. The van der Waals surface area contributed by atoms with Crippen LogP contribution in [0.2, 0.25) is 0 Å². The monoisotopic (exact) mass is 280 g/mol. The summed E-state index contributed by atoms with van der Waals surface area (Å²) in [7, 11) is 0.151. The highest BCUT2D eigenvalue weighted by Crippen LogP contribution is 2.01. The Bertz CT molecular complexity index is 343. The van der Waals surface area contributed by atoms with E-state index in [9.17, 15) is 13.2 Å². The first-order valence-electron chi connectivity index (χ1n) is 5.99. The van der Waals surface area contributed by atoms with Gasteiger partial charge in [-0.05, 0) is 6.92 Å². The van der Waals surface area contributed by atoms with E-state index in [0.717, 1.165) is 0 Å². The lowest BCUT2D eigenvalue weighted by Gasteiger charge is -2.24. The maximum atomic E-state index is 11.7. The Hall–Kier alpha value is -0.660. The Balaban J connectivity index is 4.12. The van der Waals surface area contributed by atoms with E-state index >= 15 is 0 Å². The molecule has 6 nitrogen and oxygen atoms in total. The fourth-order valence-corrected chi connectivity index (χ4v) is 2.53. The highest BCUT2D eigenvalue weighted by atomic mass is 32.2. The maximum absolute atomic E-state index is 11.7. The van der Waals surface area contributed by atoms with Crippen LogP contribution in [-0.4, -0.2) is 70.6 Å². The predicted molar refractivity (Wildman–Crippen MR) is 71.3 cm³/mol. The van der Waals surface area contributed by atoms with Crippen LogP contribution in [0.3, 0.4) is 0 Å². The second-order valence-corrected chi connectivity index (χ2v) is 6.62. The summed E-state index contributed by atoms with van der Waals surface area (Å²) in [6.07, 6.45) is 0. The molecule has 0 aliphatic carbocycles. The molecule has 0 fully saturated rings. The van der Waals surface area contributed by atoms with Gasteiger partial charge >= 0.3 is 0 Å². The summed E-state index contributed by atoms with van der Waals surface area (Å²) in [6.45, 7) is 4.67. The molecular weight excluding hydrogens is 256 g/mol. The van der Waals surface area contributed by atoms with Crippen molar-refractivity contribution >= 4 is 15.7 Å². The van der Waals surface area contributed by atoms with E-state index in [4.69, 9.17) is 4.74 Å². The van der Waals surface area contributed by atoms with E-state index in [-0.39, 0.29) is 30.0 Å². The molecule has 108 valence electrons. The van der Waals surface area contributed by atoms with Crippen molar-refractivity contribution < 1.29 is 17.9 Å². The van der Waals surface area contributed by atoms with Gasteiger partial charge in [0.15, 0.2) is 9.84 Å². The quantitative estimate of drug-likeness (QED) is 0.577. The van der Waals surface area contributed by atoms with Crippen molar-refractivity contribution in [2.24, 2.45) is 0 Å². The number of hydrogen-bond acceptors (Lipinski definition) is 5. The number of rotatable bonds is 9. The third kappa shape index (κ3) is 6.93. The molecule has 0 rings (SSSR count). The Kier molecular flexibility index (Phi) is 8.13. The number of sulfone groups is 1. The van der Waals surface area contributed by atoms with Gasteiger partial charge < -0.3 is 15.0 Å². The SMILES string of the molecule is CCS(=O)(=O)CC(C)N(C)C(=O)CNCCOC. The molecule has 0 aromatic heterocycles. The van der Waals surface area contributed by atoms with Crippen molar-refractivity contribution in [2.75, 3.05) is 45.4 Å². The van der Waals surface area contributed by atoms with Gasteiger partial charge in [0.05, 0.1) is 18.9 Å². The summed E-state index contributed by atoms with van der Waals surface area (Å²) in [5.41, 5.74) is 0. The summed E-state index contributed by atoms with van der Waals surface area (Å²) < 4.78 is 27.8. The lowest BCUT2D eigenvalue weighted by molar-refractivity contribution is -0.130. The molecule has 1 unspecified atom stereocenters. The van der Waals surface area contributed by atoms with Crippen LogP contribution in [0.5, 0.6) is 0 Å². The molecule has 0 radical (unpaired) electrons. The second-order valence-electron chi connectivity index (χ2n) is 4.22. The number of methoxy groups -OCH3 is 1. The molecule has 0 heterocycles. The van der Waals surface area contributed by atoms with E-state index in [1.165, 1.54) is 4.90 Å². The molecule has 0 bridgehead atoms. The Morgan fingerprint density at radius 3 is 2.56 bits per heavy atom. The maximum Gasteiger partial charge on any atom is 0.236 e. The van der Waals surface area contributed by atoms with E-state index in [1.54, 1.807) is 28.0 Å². The van der Waals surface area contributed by atoms with Crippen LogP contribution < -0.4 is 5.32 Å². The first-order valence-corrected chi connectivity index (χ1v) is 7.82. The lowest BCUT2D eigenvalue weighted by Crippen LogP contribution is -2.44. The summed E-state index contributed by atoms with van der Waals surface area (Å²) >= 11 is 0. The third-order valence-electron chi connectivity index (χ3n) is 2.75. The predicted octanol–water partition coefficient (Wildman–Crippen LogP) is -0.496. The largest absolute Gasteiger partial charge is 0.383 e. The van der Waals surface area contributed by atoms with Gasteiger partial charge in [0.25, 0.3) is 0 Å². The summed E-state index contributed by atoms with van der Waals surface area (Å²) in [6, 6.07) is -0.313. The molecule has 0 saturated carbocycles. The number of ether oxygens (including phenoxy) is 1. The third-order valence-corrected chi connectivity index (χ3v) is 4.62. The van der Waals surface area contributed by atoms with Crippen LogP contribution in [-0.2, 0) is 19.4 Å². The van der Waals surface area contributed by atoms with Crippen LogP contribution in [0, 0.1) is 0 Å². The Labute approximate surface area is 110 Å². The number of carbonyl (C=O) groups is 1. The highest BCUT2D eigenvalue weighted by molar-refractivity contribution is 7.91. The van der Waals surface area contributed by atoms with Crippen LogP contribution in [0.15, 0.2) is 0 Å². The number of hydrogen-bond donors (Lipinski definition) is 1. The highest BCUT2D eigenvalue weighted by Gasteiger charge is 2.20. The fraction of sp³-hybridized carbons (Fsp3) is 0.909. The van der Waals surface area contributed by atoms with Crippen molar-refractivity contribution in [3.05, 3.63) is 0 Å². The number of nitrogens with zero attached hydrogens (tertiary/aromatic N) is 1. The van der Waals surface area contributed by atoms with Crippen LogP contribution in [0.1, 0.15) is 13.8 Å². The van der Waals surface area contributed by atoms with Gasteiger partial charge in [-0.15, -0.1) is 0 Å². The standard InChI is InChI=1S/C11H24N2O4S/c1-5-18(15,16)9-10(2)13(3)11(14)8-12-6-7-17-4/h10,12H,5-9H2,1-4H3. The van der Waals surface area contributed by atoms with Crippen molar-refractivity contribution in [3.63, 3.8) is 0 Å².